The zero-order chi connectivity index (χ0) is 21.9. The summed E-state index contributed by atoms with van der Waals surface area (Å²) < 4.78 is 10.7. The predicted molar refractivity (Wildman–Crippen MR) is 114 cm³/mol. The fourth-order valence-corrected chi connectivity index (χ4v) is 3.30. The second-order valence-corrected chi connectivity index (χ2v) is 8.54. The summed E-state index contributed by atoms with van der Waals surface area (Å²) in [6, 6.07) is 3.65. The Bertz CT molecular complexity index is 790. The standard InChI is InChI=1S/C19H27N5O5S/c1-19(2,3)29-17(26)23-8-6-22(7-9-23)15-5-4-13(10-20-15)24-12-14(28-18(24)27)11-21-16(25)30/h4-5,10,14H,6-9,11-12H2,1-3H3,(H2,21,25,30). The van der Waals surface area contributed by atoms with E-state index in [4.69, 9.17) is 9.47 Å². The maximum Gasteiger partial charge on any atom is 0.414 e. The number of hydrogen-bond acceptors (Lipinski definition) is 7. The molecule has 2 aliphatic rings. The highest BCUT2D eigenvalue weighted by Crippen LogP contribution is 2.23. The van der Waals surface area contributed by atoms with Crippen LogP contribution in [0.15, 0.2) is 18.3 Å². The van der Waals surface area contributed by atoms with Gasteiger partial charge in [-0.25, -0.2) is 14.6 Å². The van der Waals surface area contributed by atoms with Gasteiger partial charge in [0.25, 0.3) is 5.24 Å². The van der Waals surface area contributed by atoms with Gasteiger partial charge >= 0.3 is 12.2 Å². The van der Waals surface area contributed by atoms with Gasteiger partial charge in [0, 0.05) is 26.2 Å². The minimum atomic E-state index is -0.514. The molecular formula is C19H27N5O5S. The first-order chi connectivity index (χ1) is 14.1. The lowest BCUT2D eigenvalue weighted by Crippen LogP contribution is -2.50. The van der Waals surface area contributed by atoms with Crippen LogP contribution in [-0.2, 0) is 9.47 Å². The van der Waals surface area contributed by atoms with Gasteiger partial charge in [0.1, 0.15) is 17.5 Å². The smallest absolute Gasteiger partial charge is 0.414 e. The first kappa shape index (κ1) is 22.0. The lowest BCUT2D eigenvalue weighted by molar-refractivity contribution is 0.0240. The zero-order valence-electron chi connectivity index (χ0n) is 17.3. The number of anilines is 2. The lowest BCUT2D eigenvalue weighted by atomic mass is 10.2. The van der Waals surface area contributed by atoms with Crippen LogP contribution in [-0.4, -0.2) is 78.3 Å². The Morgan fingerprint density at radius 1 is 1.27 bits per heavy atom. The van der Waals surface area contributed by atoms with Crippen molar-refractivity contribution in [3.05, 3.63) is 18.3 Å². The molecule has 164 valence electrons. The first-order valence-corrected chi connectivity index (χ1v) is 10.2. The second-order valence-electron chi connectivity index (χ2n) is 8.13. The van der Waals surface area contributed by atoms with Crippen molar-refractivity contribution in [3.63, 3.8) is 0 Å². The average Bonchev–Trinajstić information content (AvgIpc) is 3.06. The maximum atomic E-state index is 12.2. The predicted octanol–water partition coefficient (Wildman–Crippen LogP) is 2.10. The van der Waals surface area contributed by atoms with Crippen LogP contribution in [0.2, 0.25) is 0 Å². The molecule has 1 unspecified atom stereocenters. The molecule has 0 spiro atoms. The van der Waals surface area contributed by atoms with Crippen molar-refractivity contribution >= 4 is 41.6 Å². The van der Waals surface area contributed by atoms with Crippen LogP contribution in [0.3, 0.4) is 0 Å². The maximum absolute atomic E-state index is 12.2. The fourth-order valence-electron chi connectivity index (χ4n) is 3.21. The zero-order valence-corrected chi connectivity index (χ0v) is 18.2. The van der Waals surface area contributed by atoms with E-state index in [1.807, 2.05) is 32.9 Å². The number of amides is 3. The van der Waals surface area contributed by atoms with Crippen molar-refractivity contribution in [1.29, 1.82) is 0 Å². The van der Waals surface area contributed by atoms with E-state index in [-0.39, 0.29) is 12.6 Å². The molecule has 3 heterocycles. The topological polar surface area (TPSA) is 104 Å². The molecule has 0 radical (unpaired) electrons. The number of nitrogens with one attached hydrogen (secondary N) is 1. The summed E-state index contributed by atoms with van der Waals surface area (Å²) in [7, 11) is 0. The Morgan fingerprint density at radius 2 is 1.97 bits per heavy atom. The third-order valence-corrected chi connectivity index (χ3v) is 4.81. The molecule has 10 nitrogen and oxygen atoms in total. The number of carbonyl (C=O) groups is 3. The van der Waals surface area contributed by atoms with Gasteiger partial charge in [0.05, 0.1) is 25.0 Å². The van der Waals surface area contributed by atoms with Crippen molar-refractivity contribution in [3.8, 4) is 0 Å². The van der Waals surface area contributed by atoms with Crippen LogP contribution in [0.4, 0.5) is 25.9 Å². The van der Waals surface area contributed by atoms with E-state index in [1.54, 1.807) is 11.1 Å². The van der Waals surface area contributed by atoms with Crippen LogP contribution >= 0.6 is 12.6 Å². The van der Waals surface area contributed by atoms with Gasteiger partial charge < -0.3 is 24.6 Å². The Labute approximate surface area is 180 Å². The fraction of sp³-hybridized carbons (Fsp3) is 0.579. The van der Waals surface area contributed by atoms with E-state index >= 15 is 0 Å². The van der Waals surface area contributed by atoms with E-state index in [1.165, 1.54) is 4.90 Å². The number of nitrogens with zero attached hydrogens (tertiary/aromatic N) is 4. The van der Waals surface area contributed by atoms with Crippen molar-refractivity contribution in [2.75, 3.05) is 49.1 Å². The number of hydrogen-bond donors (Lipinski definition) is 2. The van der Waals surface area contributed by atoms with Gasteiger partial charge in [0.2, 0.25) is 0 Å². The molecule has 0 saturated carbocycles. The molecule has 0 aromatic carbocycles. The molecule has 0 bridgehead atoms. The third-order valence-electron chi connectivity index (χ3n) is 4.65. The number of piperazine rings is 1. The van der Waals surface area contributed by atoms with E-state index < -0.39 is 23.0 Å². The highest BCUT2D eigenvalue weighted by atomic mass is 32.1. The Hall–Kier alpha value is -2.69. The molecule has 2 fully saturated rings. The Morgan fingerprint density at radius 3 is 2.53 bits per heavy atom. The highest BCUT2D eigenvalue weighted by molar-refractivity contribution is 7.96. The monoisotopic (exact) mass is 437 g/mol. The molecular weight excluding hydrogens is 410 g/mol. The van der Waals surface area contributed by atoms with E-state index in [2.05, 4.69) is 27.8 Å². The van der Waals surface area contributed by atoms with Crippen molar-refractivity contribution < 1.29 is 23.9 Å². The van der Waals surface area contributed by atoms with Crippen LogP contribution in [0.5, 0.6) is 0 Å². The normalized spacial score (nSPS) is 19.5. The van der Waals surface area contributed by atoms with Gasteiger partial charge in [-0.1, -0.05) is 12.6 Å². The van der Waals surface area contributed by atoms with Crippen LogP contribution in [0, 0.1) is 0 Å². The van der Waals surface area contributed by atoms with Gasteiger partial charge in [-0.05, 0) is 32.9 Å². The summed E-state index contributed by atoms with van der Waals surface area (Å²) in [5.41, 5.74) is 0.107. The third kappa shape index (κ3) is 5.68. The van der Waals surface area contributed by atoms with E-state index in [9.17, 15) is 14.4 Å². The molecule has 30 heavy (non-hydrogen) atoms. The summed E-state index contributed by atoms with van der Waals surface area (Å²) in [5, 5.41) is 2.05. The molecule has 3 rings (SSSR count). The van der Waals surface area contributed by atoms with Gasteiger partial charge in [-0.2, -0.15) is 0 Å². The summed E-state index contributed by atoms with van der Waals surface area (Å²) in [5.74, 6) is 0.772. The van der Waals surface area contributed by atoms with E-state index in [0.717, 1.165) is 5.82 Å². The molecule has 1 N–H and O–H groups in total. The lowest BCUT2D eigenvalue weighted by Gasteiger charge is -2.36. The van der Waals surface area contributed by atoms with E-state index in [0.29, 0.717) is 38.4 Å². The molecule has 2 saturated heterocycles. The summed E-state index contributed by atoms with van der Waals surface area (Å²) in [6.45, 7) is 8.46. The van der Waals surface area contributed by atoms with Crippen molar-refractivity contribution in [2.24, 2.45) is 0 Å². The van der Waals surface area contributed by atoms with Crippen LogP contribution in [0.1, 0.15) is 20.8 Å². The minimum Gasteiger partial charge on any atom is -0.444 e. The first-order valence-electron chi connectivity index (χ1n) is 9.76. The largest absolute Gasteiger partial charge is 0.444 e. The number of carbonyl (C=O) groups excluding carboxylic acids is 3. The quantitative estimate of drug-likeness (QED) is 0.695. The number of rotatable bonds is 4. The Kier molecular flexibility index (Phi) is 6.59. The number of aromatic nitrogens is 1. The van der Waals surface area contributed by atoms with Gasteiger partial charge in [0.15, 0.2) is 0 Å². The van der Waals surface area contributed by atoms with Gasteiger partial charge in [-0.15, -0.1) is 0 Å². The van der Waals surface area contributed by atoms with Crippen LogP contribution < -0.4 is 15.1 Å². The number of pyridine rings is 1. The van der Waals surface area contributed by atoms with Crippen molar-refractivity contribution in [1.82, 2.24) is 15.2 Å². The van der Waals surface area contributed by atoms with Gasteiger partial charge in [-0.3, -0.25) is 9.69 Å². The molecule has 0 aliphatic carbocycles. The molecule has 3 amide bonds. The van der Waals surface area contributed by atoms with Crippen LogP contribution in [0.25, 0.3) is 0 Å². The minimum absolute atomic E-state index is 0.206. The second kappa shape index (κ2) is 8.99. The SMILES string of the molecule is CC(C)(C)OC(=O)N1CCN(c2ccc(N3CC(CNC(=O)S)OC3=O)cn2)CC1. The molecule has 1 aromatic rings. The molecule has 11 heteroatoms. The Balaban J connectivity index is 1.53. The highest BCUT2D eigenvalue weighted by Gasteiger charge is 2.33. The summed E-state index contributed by atoms with van der Waals surface area (Å²) in [4.78, 5) is 44.9. The molecule has 2 aliphatic heterocycles. The summed E-state index contributed by atoms with van der Waals surface area (Å²) in [6.07, 6.45) is 0.404. The number of ether oxygens (including phenoxy) is 2. The average molecular weight is 438 g/mol. The molecule has 1 atom stereocenters. The number of thiol groups is 1. The van der Waals surface area contributed by atoms with Crippen molar-refractivity contribution in [2.45, 2.75) is 32.5 Å². The number of cyclic esters (lactones) is 1. The molecule has 1 aromatic heterocycles. The summed E-state index contributed by atoms with van der Waals surface area (Å²) >= 11 is 3.63.